The van der Waals surface area contributed by atoms with Crippen LogP contribution in [0.4, 0.5) is 0 Å². The van der Waals surface area contributed by atoms with Crippen molar-refractivity contribution in [3.8, 4) is 11.5 Å². The Bertz CT molecular complexity index is 393. The van der Waals surface area contributed by atoms with Crippen molar-refractivity contribution in [3.63, 3.8) is 0 Å². The predicted molar refractivity (Wildman–Crippen MR) is 65.2 cm³/mol. The van der Waals surface area contributed by atoms with Crippen LogP contribution in [0.2, 0.25) is 0 Å². The van der Waals surface area contributed by atoms with Gasteiger partial charge in [0, 0.05) is 12.6 Å². The maximum absolute atomic E-state index is 11.7. The molecule has 0 saturated carbocycles. The Labute approximate surface area is 101 Å². The molecule has 0 aliphatic rings. The summed E-state index contributed by atoms with van der Waals surface area (Å²) < 4.78 is 10.4. The highest BCUT2D eigenvalue weighted by molar-refractivity contribution is 5.83. The van der Waals surface area contributed by atoms with E-state index in [0.717, 1.165) is 5.56 Å². The average Bonchev–Trinajstić information content (AvgIpc) is 2.37. The lowest BCUT2D eigenvalue weighted by Crippen LogP contribution is -2.37. The van der Waals surface area contributed by atoms with Gasteiger partial charge >= 0.3 is 0 Å². The van der Waals surface area contributed by atoms with E-state index in [1.807, 2.05) is 6.92 Å². The molecule has 0 bridgehead atoms. The van der Waals surface area contributed by atoms with Gasteiger partial charge in [0.15, 0.2) is 0 Å². The predicted octanol–water partition coefficient (Wildman–Crippen LogP) is 1.06. The van der Waals surface area contributed by atoms with E-state index in [0.29, 0.717) is 11.5 Å². The summed E-state index contributed by atoms with van der Waals surface area (Å²) >= 11 is 0. The molecule has 0 aliphatic carbocycles. The molecule has 1 rings (SSSR count). The van der Waals surface area contributed by atoms with Gasteiger partial charge in [-0.2, -0.15) is 0 Å². The fraction of sp³-hybridized carbons (Fsp3) is 0.417. The molecule has 1 unspecified atom stereocenters. The second-order valence-electron chi connectivity index (χ2n) is 3.57. The number of rotatable bonds is 5. The molecular formula is C12H18N2O3. The zero-order chi connectivity index (χ0) is 12.8. The number of hydrogen-bond donors (Lipinski definition) is 2. The Morgan fingerprint density at radius 1 is 1.29 bits per heavy atom. The van der Waals surface area contributed by atoms with Crippen molar-refractivity contribution in [2.24, 2.45) is 0 Å². The van der Waals surface area contributed by atoms with Gasteiger partial charge < -0.3 is 9.47 Å². The van der Waals surface area contributed by atoms with Crippen molar-refractivity contribution in [1.29, 1.82) is 0 Å². The molecule has 1 amide bonds. The number of carbonyl (C=O) groups is 1. The first kappa shape index (κ1) is 13.3. The van der Waals surface area contributed by atoms with Crippen LogP contribution in [0.3, 0.4) is 0 Å². The Kier molecular flexibility index (Phi) is 4.78. The van der Waals surface area contributed by atoms with Gasteiger partial charge in [0.25, 0.3) is 0 Å². The minimum atomic E-state index is -0.326. The van der Waals surface area contributed by atoms with Gasteiger partial charge in [0.05, 0.1) is 20.1 Å². The number of hydrogen-bond acceptors (Lipinski definition) is 4. The van der Waals surface area contributed by atoms with Gasteiger partial charge in [-0.3, -0.25) is 10.2 Å². The monoisotopic (exact) mass is 238 g/mol. The van der Waals surface area contributed by atoms with E-state index in [1.54, 1.807) is 39.5 Å². The highest BCUT2D eigenvalue weighted by Gasteiger charge is 2.19. The molecule has 1 aromatic rings. The first-order valence-corrected chi connectivity index (χ1v) is 5.32. The van der Waals surface area contributed by atoms with E-state index >= 15 is 0 Å². The molecule has 0 aromatic heterocycles. The third-order valence-corrected chi connectivity index (χ3v) is 2.54. The van der Waals surface area contributed by atoms with Crippen LogP contribution in [-0.2, 0) is 4.79 Å². The summed E-state index contributed by atoms with van der Waals surface area (Å²) in [6.45, 7) is 1.81. The molecule has 0 heterocycles. The molecule has 0 aliphatic heterocycles. The molecule has 94 valence electrons. The fourth-order valence-corrected chi connectivity index (χ4v) is 1.55. The lowest BCUT2D eigenvalue weighted by molar-refractivity contribution is -0.123. The third-order valence-electron chi connectivity index (χ3n) is 2.54. The smallest absolute Gasteiger partial charge is 0.241 e. The molecule has 1 aromatic carbocycles. The number of hydrazine groups is 1. The molecule has 2 N–H and O–H groups in total. The molecule has 5 nitrogen and oxygen atoms in total. The number of nitrogens with one attached hydrogen (secondary N) is 2. The largest absolute Gasteiger partial charge is 0.497 e. The molecule has 0 fully saturated rings. The van der Waals surface area contributed by atoms with Crippen molar-refractivity contribution >= 4 is 5.91 Å². The van der Waals surface area contributed by atoms with E-state index in [4.69, 9.17) is 9.47 Å². The van der Waals surface area contributed by atoms with Crippen LogP contribution in [0.5, 0.6) is 11.5 Å². The summed E-state index contributed by atoms with van der Waals surface area (Å²) in [6.07, 6.45) is 0. The Balaban J connectivity index is 3.04. The van der Waals surface area contributed by atoms with E-state index in [2.05, 4.69) is 10.9 Å². The molecule has 1 atom stereocenters. The molecule has 5 heteroatoms. The van der Waals surface area contributed by atoms with Crippen LogP contribution in [0, 0.1) is 0 Å². The first-order valence-electron chi connectivity index (χ1n) is 5.32. The van der Waals surface area contributed by atoms with Crippen LogP contribution < -0.4 is 20.3 Å². The number of methoxy groups -OCH3 is 2. The van der Waals surface area contributed by atoms with Gasteiger partial charge in [-0.1, -0.05) is 0 Å². The maximum Gasteiger partial charge on any atom is 0.241 e. The third kappa shape index (κ3) is 3.10. The van der Waals surface area contributed by atoms with Gasteiger partial charge in [0.1, 0.15) is 11.5 Å². The van der Waals surface area contributed by atoms with E-state index < -0.39 is 0 Å². The standard InChI is InChI=1S/C12H18N2O3/c1-8(12(15)14-13-2)10-7-9(16-3)5-6-11(10)17-4/h5-8,13H,1-4H3,(H,14,15). The highest BCUT2D eigenvalue weighted by Crippen LogP contribution is 2.30. The molecule has 0 radical (unpaired) electrons. The molecule has 0 saturated heterocycles. The fourth-order valence-electron chi connectivity index (χ4n) is 1.55. The van der Waals surface area contributed by atoms with Crippen LogP contribution >= 0.6 is 0 Å². The molecule has 17 heavy (non-hydrogen) atoms. The van der Waals surface area contributed by atoms with Crippen LogP contribution in [-0.4, -0.2) is 27.2 Å². The summed E-state index contributed by atoms with van der Waals surface area (Å²) in [5.41, 5.74) is 5.95. The normalized spacial score (nSPS) is 11.8. The van der Waals surface area contributed by atoms with Crippen LogP contribution in [0.15, 0.2) is 18.2 Å². The lowest BCUT2D eigenvalue weighted by atomic mass is 9.99. The molecular weight excluding hydrogens is 220 g/mol. The van der Waals surface area contributed by atoms with Crippen molar-refractivity contribution in [3.05, 3.63) is 23.8 Å². The highest BCUT2D eigenvalue weighted by atomic mass is 16.5. The van der Waals surface area contributed by atoms with E-state index in [9.17, 15) is 4.79 Å². The number of carbonyl (C=O) groups excluding carboxylic acids is 1. The van der Waals surface area contributed by atoms with E-state index in [-0.39, 0.29) is 11.8 Å². The zero-order valence-electron chi connectivity index (χ0n) is 10.5. The van der Waals surface area contributed by atoms with Gasteiger partial charge in [0.2, 0.25) is 5.91 Å². The van der Waals surface area contributed by atoms with Gasteiger partial charge in [-0.05, 0) is 25.1 Å². The van der Waals surface area contributed by atoms with Gasteiger partial charge in [-0.15, -0.1) is 0 Å². The average molecular weight is 238 g/mol. The summed E-state index contributed by atoms with van der Waals surface area (Å²) in [7, 11) is 4.81. The maximum atomic E-state index is 11.7. The Morgan fingerprint density at radius 2 is 2.00 bits per heavy atom. The lowest BCUT2D eigenvalue weighted by Gasteiger charge is -2.16. The van der Waals surface area contributed by atoms with Crippen molar-refractivity contribution in [2.45, 2.75) is 12.8 Å². The van der Waals surface area contributed by atoms with Gasteiger partial charge in [-0.25, -0.2) is 5.43 Å². The van der Waals surface area contributed by atoms with Crippen LogP contribution in [0.1, 0.15) is 18.4 Å². The number of ether oxygens (including phenoxy) is 2. The molecule has 0 spiro atoms. The second kappa shape index (κ2) is 6.10. The zero-order valence-corrected chi connectivity index (χ0v) is 10.5. The summed E-state index contributed by atoms with van der Waals surface area (Å²) in [4.78, 5) is 11.7. The minimum Gasteiger partial charge on any atom is -0.497 e. The SMILES string of the molecule is CNNC(=O)C(C)c1cc(OC)ccc1OC. The number of benzene rings is 1. The quantitative estimate of drug-likeness (QED) is 0.753. The van der Waals surface area contributed by atoms with E-state index in [1.165, 1.54) is 0 Å². The topological polar surface area (TPSA) is 59.6 Å². The van der Waals surface area contributed by atoms with Crippen LogP contribution in [0.25, 0.3) is 0 Å². The minimum absolute atomic E-state index is 0.126. The van der Waals surface area contributed by atoms with Crippen molar-refractivity contribution in [2.75, 3.05) is 21.3 Å². The summed E-state index contributed by atoms with van der Waals surface area (Å²) in [6, 6.07) is 5.39. The second-order valence-corrected chi connectivity index (χ2v) is 3.57. The Hall–Kier alpha value is -1.75. The summed E-state index contributed by atoms with van der Waals surface area (Å²) in [5.74, 6) is 0.918. The van der Waals surface area contributed by atoms with Crippen molar-refractivity contribution in [1.82, 2.24) is 10.9 Å². The van der Waals surface area contributed by atoms with Crippen molar-refractivity contribution < 1.29 is 14.3 Å². The summed E-state index contributed by atoms with van der Waals surface area (Å²) in [5, 5.41) is 0. The first-order chi connectivity index (χ1) is 8.13. The number of amides is 1. The Morgan fingerprint density at radius 3 is 2.53 bits per heavy atom.